The molecule has 1 atom stereocenters. The standard InChI is InChI=1S/C10H12O3/c1-8(12)13-10(7-11)9-5-3-2-4-6-9/h2-6,10-11H,7H2,1H3/t10-/m1/s1. The van der Waals surface area contributed by atoms with E-state index in [1.807, 2.05) is 30.3 Å². The number of aliphatic hydroxyl groups excluding tert-OH is 1. The molecule has 0 amide bonds. The van der Waals surface area contributed by atoms with Gasteiger partial charge in [-0.3, -0.25) is 4.79 Å². The minimum Gasteiger partial charge on any atom is -0.455 e. The maximum atomic E-state index is 10.7. The number of esters is 1. The Bertz CT molecular complexity index is 269. The highest BCUT2D eigenvalue weighted by molar-refractivity contribution is 5.66. The molecule has 0 aliphatic heterocycles. The zero-order valence-corrected chi connectivity index (χ0v) is 7.43. The van der Waals surface area contributed by atoms with Crippen molar-refractivity contribution in [2.45, 2.75) is 13.0 Å². The van der Waals surface area contributed by atoms with E-state index in [0.717, 1.165) is 5.56 Å². The van der Waals surface area contributed by atoms with E-state index in [0.29, 0.717) is 0 Å². The zero-order chi connectivity index (χ0) is 9.68. The lowest BCUT2D eigenvalue weighted by Gasteiger charge is -2.13. The molecule has 1 rings (SSSR count). The summed E-state index contributed by atoms with van der Waals surface area (Å²) in [5.41, 5.74) is 0.806. The quantitative estimate of drug-likeness (QED) is 0.713. The van der Waals surface area contributed by atoms with Gasteiger partial charge >= 0.3 is 5.97 Å². The monoisotopic (exact) mass is 180 g/mol. The highest BCUT2D eigenvalue weighted by Crippen LogP contribution is 2.15. The number of carbonyl (C=O) groups excluding carboxylic acids is 1. The van der Waals surface area contributed by atoms with E-state index < -0.39 is 6.10 Å². The maximum Gasteiger partial charge on any atom is 0.303 e. The second-order valence-corrected chi connectivity index (χ2v) is 2.69. The molecule has 0 saturated carbocycles. The number of ether oxygens (including phenoxy) is 1. The Labute approximate surface area is 77.0 Å². The van der Waals surface area contributed by atoms with Gasteiger partial charge in [0.15, 0.2) is 0 Å². The summed E-state index contributed by atoms with van der Waals surface area (Å²) in [5.74, 6) is -0.386. The first-order valence-electron chi connectivity index (χ1n) is 4.07. The molecular weight excluding hydrogens is 168 g/mol. The second-order valence-electron chi connectivity index (χ2n) is 2.69. The molecule has 0 aromatic heterocycles. The summed E-state index contributed by atoms with van der Waals surface area (Å²) in [5, 5.41) is 8.95. The molecule has 0 spiro atoms. The third kappa shape index (κ3) is 2.87. The molecule has 3 nitrogen and oxygen atoms in total. The van der Waals surface area contributed by atoms with Crippen LogP contribution < -0.4 is 0 Å². The van der Waals surface area contributed by atoms with Crippen molar-refractivity contribution < 1.29 is 14.6 Å². The van der Waals surface area contributed by atoms with Crippen LogP contribution in [0, 0.1) is 0 Å². The number of benzene rings is 1. The molecule has 0 aliphatic carbocycles. The van der Waals surface area contributed by atoms with Crippen molar-refractivity contribution in [3.8, 4) is 0 Å². The fourth-order valence-electron chi connectivity index (χ4n) is 1.08. The lowest BCUT2D eigenvalue weighted by Crippen LogP contribution is -2.11. The van der Waals surface area contributed by atoms with E-state index in [1.54, 1.807) is 0 Å². The lowest BCUT2D eigenvalue weighted by molar-refractivity contribution is -0.148. The van der Waals surface area contributed by atoms with Crippen molar-refractivity contribution in [1.29, 1.82) is 0 Å². The highest BCUT2D eigenvalue weighted by Gasteiger charge is 2.12. The van der Waals surface area contributed by atoms with Crippen LogP contribution in [0.5, 0.6) is 0 Å². The normalized spacial score (nSPS) is 12.2. The van der Waals surface area contributed by atoms with E-state index in [-0.39, 0.29) is 12.6 Å². The van der Waals surface area contributed by atoms with Gasteiger partial charge in [-0.2, -0.15) is 0 Å². The summed E-state index contributed by atoms with van der Waals surface area (Å²) >= 11 is 0. The molecule has 1 aromatic carbocycles. The fraction of sp³-hybridized carbons (Fsp3) is 0.300. The number of aliphatic hydroxyl groups is 1. The minimum atomic E-state index is -0.543. The van der Waals surface area contributed by atoms with Crippen molar-refractivity contribution in [3.05, 3.63) is 35.9 Å². The van der Waals surface area contributed by atoms with Crippen LogP contribution in [0.3, 0.4) is 0 Å². The van der Waals surface area contributed by atoms with Gasteiger partial charge in [0.05, 0.1) is 6.61 Å². The van der Waals surface area contributed by atoms with Crippen molar-refractivity contribution in [2.75, 3.05) is 6.61 Å². The maximum absolute atomic E-state index is 10.7. The summed E-state index contributed by atoms with van der Waals surface area (Å²) in [7, 11) is 0. The van der Waals surface area contributed by atoms with Crippen LogP contribution in [0.2, 0.25) is 0 Å². The van der Waals surface area contributed by atoms with Crippen molar-refractivity contribution in [2.24, 2.45) is 0 Å². The number of hydrogen-bond acceptors (Lipinski definition) is 3. The van der Waals surface area contributed by atoms with Gasteiger partial charge in [0.25, 0.3) is 0 Å². The van der Waals surface area contributed by atoms with Gasteiger partial charge in [-0.1, -0.05) is 30.3 Å². The van der Waals surface area contributed by atoms with E-state index in [2.05, 4.69) is 0 Å². The lowest BCUT2D eigenvalue weighted by atomic mass is 10.1. The second kappa shape index (κ2) is 4.62. The molecule has 0 aliphatic rings. The van der Waals surface area contributed by atoms with E-state index in [4.69, 9.17) is 9.84 Å². The van der Waals surface area contributed by atoms with Gasteiger partial charge in [0, 0.05) is 6.92 Å². The summed E-state index contributed by atoms with van der Waals surface area (Å²) in [6, 6.07) is 9.16. The SMILES string of the molecule is CC(=O)O[C@H](CO)c1ccccc1. The van der Waals surface area contributed by atoms with Crippen LogP contribution in [-0.4, -0.2) is 17.7 Å². The first-order valence-corrected chi connectivity index (χ1v) is 4.07. The molecule has 0 heterocycles. The molecule has 3 heteroatoms. The Hall–Kier alpha value is -1.35. The molecule has 70 valence electrons. The summed E-state index contributed by atoms with van der Waals surface area (Å²) < 4.78 is 4.90. The zero-order valence-electron chi connectivity index (χ0n) is 7.43. The Kier molecular flexibility index (Phi) is 3.46. The van der Waals surface area contributed by atoms with Crippen molar-refractivity contribution in [3.63, 3.8) is 0 Å². The molecule has 0 radical (unpaired) electrons. The third-order valence-electron chi connectivity index (χ3n) is 1.65. The average molecular weight is 180 g/mol. The van der Waals surface area contributed by atoms with Gasteiger partial charge in [-0.25, -0.2) is 0 Å². The van der Waals surface area contributed by atoms with Crippen LogP contribution in [0.1, 0.15) is 18.6 Å². The largest absolute Gasteiger partial charge is 0.455 e. The van der Waals surface area contributed by atoms with E-state index >= 15 is 0 Å². The fourth-order valence-corrected chi connectivity index (χ4v) is 1.08. The smallest absolute Gasteiger partial charge is 0.303 e. The molecule has 1 N–H and O–H groups in total. The summed E-state index contributed by atoms with van der Waals surface area (Å²) in [6.45, 7) is 1.13. The number of hydrogen-bond donors (Lipinski definition) is 1. The molecule has 0 unspecified atom stereocenters. The predicted octanol–water partition coefficient (Wildman–Crippen LogP) is 1.28. The first-order chi connectivity index (χ1) is 6.24. The topological polar surface area (TPSA) is 46.5 Å². The molecule has 0 bridgehead atoms. The van der Waals surface area contributed by atoms with Crippen LogP contribution >= 0.6 is 0 Å². The number of carbonyl (C=O) groups is 1. The van der Waals surface area contributed by atoms with Crippen molar-refractivity contribution in [1.82, 2.24) is 0 Å². The Morgan fingerprint density at radius 3 is 2.54 bits per heavy atom. The van der Waals surface area contributed by atoms with Gasteiger partial charge in [-0.05, 0) is 5.56 Å². The molecule has 0 saturated heterocycles. The van der Waals surface area contributed by atoms with Gasteiger partial charge in [0.1, 0.15) is 6.10 Å². The molecule has 13 heavy (non-hydrogen) atoms. The Morgan fingerprint density at radius 2 is 2.08 bits per heavy atom. The van der Waals surface area contributed by atoms with Crippen LogP contribution in [0.25, 0.3) is 0 Å². The van der Waals surface area contributed by atoms with Crippen LogP contribution in [0.4, 0.5) is 0 Å². The molecule has 0 fully saturated rings. The molecular formula is C10H12O3. The van der Waals surface area contributed by atoms with E-state index in [9.17, 15) is 4.79 Å². The molecule has 1 aromatic rings. The van der Waals surface area contributed by atoms with Gasteiger partial charge in [-0.15, -0.1) is 0 Å². The van der Waals surface area contributed by atoms with Gasteiger partial charge in [0.2, 0.25) is 0 Å². The highest BCUT2D eigenvalue weighted by atomic mass is 16.5. The average Bonchev–Trinajstić information content (AvgIpc) is 2.15. The van der Waals surface area contributed by atoms with Gasteiger partial charge < -0.3 is 9.84 Å². The summed E-state index contributed by atoms with van der Waals surface area (Å²) in [6.07, 6.45) is -0.543. The number of rotatable bonds is 3. The summed E-state index contributed by atoms with van der Waals surface area (Å²) in [4.78, 5) is 10.7. The van der Waals surface area contributed by atoms with Crippen molar-refractivity contribution >= 4 is 5.97 Å². The first kappa shape index (κ1) is 9.74. The third-order valence-corrected chi connectivity index (χ3v) is 1.65. The van der Waals surface area contributed by atoms with Crippen LogP contribution in [0.15, 0.2) is 30.3 Å². The van der Waals surface area contributed by atoms with E-state index in [1.165, 1.54) is 6.92 Å². The predicted molar refractivity (Wildman–Crippen MR) is 48.0 cm³/mol. The van der Waals surface area contributed by atoms with Crippen LogP contribution in [-0.2, 0) is 9.53 Å². The minimum absolute atomic E-state index is 0.191. The Morgan fingerprint density at radius 1 is 1.46 bits per heavy atom. The Balaban J connectivity index is 2.73.